The van der Waals surface area contributed by atoms with Gasteiger partial charge in [0.1, 0.15) is 11.6 Å². The van der Waals surface area contributed by atoms with Gasteiger partial charge in [-0.1, -0.05) is 12.8 Å². The number of hydrogen-bond donors (Lipinski definition) is 3. The zero-order chi connectivity index (χ0) is 20.7. The van der Waals surface area contributed by atoms with Crippen molar-refractivity contribution in [1.82, 2.24) is 5.32 Å². The Morgan fingerprint density at radius 3 is 2.46 bits per heavy atom. The second kappa shape index (κ2) is 9.12. The molecule has 0 aliphatic heterocycles. The van der Waals surface area contributed by atoms with Crippen molar-refractivity contribution in [2.45, 2.75) is 38.1 Å². The molecule has 150 valence electrons. The molecule has 0 spiro atoms. The van der Waals surface area contributed by atoms with E-state index in [1.807, 2.05) is 0 Å². The summed E-state index contributed by atoms with van der Waals surface area (Å²) in [5.74, 6) is -1.61. The molecule has 0 saturated heterocycles. The predicted molar refractivity (Wildman–Crippen MR) is 96.2 cm³/mol. The first-order valence-electron chi connectivity index (χ1n) is 8.55. The van der Waals surface area contributed by atoms with E-state index in [2.05, 4.69) is 21.1 Å². The molecular formula is C18H20F3N5O2. The number of nitrogens with one attached hydrogen (secondary N) is 1. The Kier molecular flexibility index (Phi) is 6.87. The van der Waals surface area contributed by atoms with Crippen LogP contribution >= 0.6 is 0 Å². The average molecular weight is 395 g/mol. The van der Waals surface area contributed by atoms with E-state index in [1.165, 1.54) is 18.3 Å². The molecular weight excluding hydrogens is 375 g/mol. The molecule has 1 fully saturated rings. The van der Waals surface area contributed by atoms with E-state index in [-0.39, 0.29) is 29.1 Å². The number of nitrogens with zero attached hydrogens (tertiary/aromatic N) is 2. The number of amides is 1. The molecule has 10 heteroatoms. The number of halogens is 3. The maximum atomic E-state index is 12.2. The van der Waals surface area contributed by atoms with Crippen molar-refractivity contribution in [3.63, 3.8) is 0 Å². The number of nitriles is 1. The van der Waals surface area contributed by atoms with Gasteiger partial charge in [-0.3, -0.25) is 4.79 Å². The van der Waals surface area contributed by atoms with Crippen molar-refractivity contribution in [1.29, 1.82) is 5.26 Å². The number of carbonyl (C=O) groups is 1. The zero-order valence-corrected chi connectivity index (χ0v) is 14.9. The van der Waals surface area contributed by atoms with Gasteiger partial charge in [-0.25, -0.2) is 4.99 Å². The van der Waals surface area contributed by atoms with E-state index in [0.29, 0.717) is 0 Å². The van der Waals surface area contributed by atoms with Crippen molar-refractivity contribution < 1.29 is 22.7 Å². The molecule has 1 aromatic rings. The highest BCUT2D eigenvalue weighted by atomic mass is 19.4. The lowest BCUT2D eigenvalue weighted by Crippen LogP contribution is -2.37. The van der Waals surface area contributed by atoms with Crippen molar-refractivity contribution in [3.05, 3.63) is 36.0 Å². The number of hydrogen-bond acceptors (Lipinski definition) is 5. The highest BCUT2D eigenvalue weighted by Crippen LogP contribution is 2.25. The first-order chi connectivity index (χ1) is 13.2. The van der Waals surface area contributed by atoms with Crippen LogP contribution in [0.4, 0.5) is 18.9 Å². The highest BCUT2D eigenvalue weighted by Gasteiger charge is 2.31. The van der Waals surface area contributed by atoms with Crippen LogP contribution in [-0.4, -0.2) is 24.1 Å². The van der Waals surface area contributed by atoms with Crippen LogP contribution in [0.25, 0.3) is 0 Å². The van der Waals surface area contributed by atoms with Gasteiger partial charge in [-0.15, -0.1) is 13.2 Å². The third-order valence-corrected chi connectivity index (χ3v) is 4.23. The van der Waals surface area contributed by atoms with E-state index in [4.69, 9.17) is 11.5 Å². The van der Waals surface area contributed by atoms with Gasteiger partial charge in [-0.05, 0) is 37.1 Å². The molecule has 2 unspecified atom stereocenters. The van der Waals surface area contributed by atoms with Crippen molar-refractivity contribution in [2.75, 3.05) is 0 Å². The number of ether oxygens (including phenoxy) is 1. The van der Waals surface area contributed by atoms with Crippen LogP contribution < -0.4 is 21.5 Å². The zero-order valence-electron chi connectivity index (χ0n) is 14.9. The Balaban J connectivity index is 2.14. The Hall–Kier alpha value is -3.22. The smallest absolute Gasteiger partial charge is 0.406 e. The van der Waals surface area contributed by atoms with Crippen LogP contribution in [0.3, 0.4) is 0 Å². The predicted octanol–water partition coefficient (Wildman–Crippen LogP) is 2.62. The molecule has 5 N–H and O–H groups in total. The van der Waals surface area contributed by atoms with Crippen molar-refractivity contribution in [3.8, 4) is 11.8 Å². The van der Waals surface area contributed by atoms with Crippen LogP contribution in [0.5, 0.6) is 5.75 Å². The maximum absolute atomic E-state index is 12.2. The summed E-state index contributed by atoms with van der Waals surface area (Å²) in [6.07, 6.45) is 0.0225. The molecule has 0 aromatic heterocycles. The van der Waals surface area contributed by atoms with E-state index in [1.54, 1.807) is 0 Å². The van der Waals surface area contributed by atoms with Crippen molar-refractivity contribution in [2.24, 2.45) is 22.4 Å². The Morgan fingerprint density at radius 1 is 1.25 bits per heavy atom. The minimum Gasteiger partial charge on any atom is -0.406 e. The Bertz CT molecular complexity index is 797. The molecule has 1 aromatic carbocycles. The quantitative estimate of drug-likeness (QED) is 0.388. The minimum atomic E-state index is -4.79. The average Bonchev–Trinajstić information content (AvgIpc) is 2.62. The van der Waals surface area contributed by atoms with Gasteiger partial charge in [0.2, 0.25) is 0 Å². The molecule has 2 rings (SSSR count). The normalized spacial score (nSPS) is 20.9. The summed E-state index contributed by atoms with van der Waals surface area (Å²) >= 11 is 0. The highest BCUT2D eigenvalue weighted by molar-refractivity contribution is 6.20. The van der Waals surface area contributed by atoms with E-state index < -0.39 is 18.0 Å². The summed E-state index contributed by atoms with van der Waals surface area (Å²) in [6.45, 7) is 0. The fraction of sp³-hybridized carbons (Fsp3) is 0.389. The second-order valence-corrected chi connectivity index (χ2v) is 6.25. The molecule has 0 radical (unpaired) electrons. The van der Waals surface area contributed by atoms with Crippen LogP contribution in [0.15, 0.2) is 41.0 Å². The number of rotatable bonds is 6. The van der Waals surface area contributed by atoms with E-state index in [0.717, 1.165) is 37.8 Å². The largest absolute Gasteiger partial charge is 0.573 e. The molecule has 1 aliphatic rings. The number of carbonyl (C=O) groups excluding carboxylic acids is 1. The fourth-order valence-corrected chi connectivity index (χ4v) is 2.87. The first-order valence-corrected chi connectivity index (χ1v) is 8.55. The van der Waals surface area contributed by atoms with Crippen LogP contribution in [0.2, 0.25) is 0 Å². The lowest BCUT2D eigenvalue weighted by molar-refractivity contribution is -0.274. The number of primary amides is 1. The lowest BCUT2D eigenvalue weighted by Gasteiger charge is -2.27. The van der Waals surface area contributed by atoms with Crippen LogP contribution in [0, 0.1) is 17.2 Å². The van der Waals surface area contributed by atoms with Gasteiger partial charge in [0.15, 0.2) is 0 Å². The molecule has 0 heterocycles. The topological polar surface area (TPSA) is 127 Å². The third-order valence-electron chi connectivity index (χ3n) is 4.23. The summed E-state index contributed by atoms with van der Waals surface area (Å²) in [5, 5.41) is 12.2. The van der Waals surface area contributed by atoms with Gasteiger partial charge < -0.3 is 21.5 Å². The molecule has 2 atom stereocenters. The monoisotopic (exact) mass is 395 g/mol. The number of aliphatic imine (C=N–C) groups is 1. The summed E-state index contributed by atoms with van der Waals surface area (Å²) < 4.78 is 40.3. The SMILES string of the molecule is N#CC1CCCCC1N/C=C(/C(N)=O)C(N)=Nc1ccc(OC(F)(F)F)cc1. The number of benzene rings is 1. The van der Waals surface area contributed by atoms with Gasteiger partial charge in [0.25, 0.3) is 5.91 Å². The first kappa shape index (κ1) is 21.1. The maximum Gasteiger partial charge on any atom is 0.573 e. The summed E-state index contributed by atoms with van der Waals surface area (Å²) in [4.78, 5) is 15.7. The molecule has 1 aliphatic carbocycles. The molecule has 7 nitrogen and oxygen atoms in total. The second-order valence-electron chi connectivity index (χ2n) is 6.25. The molecule has 0 bridgehead atoms. The molecule has 1 amide bonds. The summed E-state index contributed by atoms with van der Waals surface area (Å²) in [6, 6.07) is 6.77. The number of nitrogens with two attached hydrogens (primary N) is 2. The van der Waals surface area contributed by atoms with Crippen molar-refractivity contribution >= 4 is 17.4 Å². The fourth-order valence-electron chi connectivity index (χ4n) is 2.87. The molecule has 28 heavy (non-hydrogen) atoms. The van der Waals surface area contributed by atoms with E-state index >= 15 is 0 Å². The van der Waals surface area contributed by atoms with E-state index in [9.17, 15) is 23.2 Å². The minimum absolute atomic E-state index is 0.0853. The lowest BCUT2D eigenvalue weighted by atomic mass is 9.85. The molecule has 1 saturated carbocycles. The van der Waals surface area contributed by atoms with Gasteiger partial charge in [0, 0.05) is 12.2 Å². The third kappa shape index (κ3) is 6.19. The number of alkyl halides is 3. The number of amidine groups is 1. The van der Waals surface area contributed by atoms with Crippen LogP contribution in [-0.2, 0) is 4.79 Å². The summed E-state index contributed by atoms with van der Waals surface area (Å²) in [7, 11) is 0. The van der Waals surface area contributed by atoms with Gasteiger partial charge >= 0.3 is 6.36 Å². The standard InChI is InChI=1S/C18H20F3N5O2/c19-18(20,21)28-13-7-5-12(6-8-13)26-16(23)14(17(24)27)10-25-15-4-2-1-3-11(15)9-22/h5-8,10-11,15,25H,1-4H2,(H2,23,26)(H2,24,27)/b14-10+. The Morgan fingerprint density at radius 2 is 1.89 bits per heavy atom. The van der Waals surface area contributed by atoms with Gasteiger partial charge in [-0.2, -0.15) is 5.26 Å². The van der Waals surface area contributed by atoms with Crippen LogP contribution in [0.1, 0.15) is 25.7 Å². The van der Waals surface area contributed by atoms with Gasteiger partial charge in [0.05, 0.1) is 23.2 Å². The summed E-state index contributed by atoms with van der Waals surface area (Å²) in [5.41, 5.74) is 11.3. The Labute approximate surface area is 159 Å².